The summed E-state index contributed by atoms with van der Waals surface area (Å²) >= 11 is 0. The Bertz CT molecular complexity index is 1010. The molecule has 0 aliphatic heterocycles. The number of aryl methyl sites for hydroxylation is 4. The zero-order valence-electron chi connectivity index (χ0n) is 19.1. The Morgan fingerprint density at radius 2 is 1.65 bits per heavy atom. The lowest BCUT2D eigenvalue weighted by molar-refractivity contribution is -0.139. The maximum Gasteiger partial charge on any atom is 0.469 e. The van der Waals surface area contributed by atoms with E-state index < -0.39 is 38.3 Å². The molecule has 7 nitrogen and oxygen atoms in total. The van der Waals surface area contributed by atoms with E-state index in [1.165, 1.54) is 17.7 Å². The van der Waals surface area contributed by atoms with E-state index in [1.807, 2.05) is 26.0 Å². The van der Waals surface area contributed by atoms with Crippen molar-refractivity contribution in [1.29, 1.82) is 0 Å². The molecule has 0 aliphatic rings. The van der Waals surface area contributed by atoms with Gasteiger partial charge in [0.2, 0.25) is 0 Å². The van der Waals surface area contributed by atoms with Crippen molar-refractivity contribution in [2.45, 2.75) is 51.2 Å². The fourth-order valence-electron chi connectivity index (χ4n) is 3.30. The first-order valence-corrected chi connectivity index (χ1v) is 12.2. The fourth-order valence-corrected chi connectivity index (χ4v) is 3.73. The van der Waals surface area contributed by atoms with Crippen LogP contribution in [-0.2, 0) is 28.1 Å². The van der Waals surface area contributed by atoms with Gasteiger partial charge in [0.15, 0.2) is 0 Å². The van der Waals surface area contributed by atoms with Crippen LogP contribution in [0.1, 0.15) is 40.7 Å². The minimum absolute atomic E-state index is 0.0255. The van der Waals surface area contributed by atoms with Gasteiger partial charge in [-0.1, -0.05) is 24.3 Å². The number of nitrogens with two attached hydrogens (primary N) is 1. The molecule has 2 aromatic rings. The molecular weight excluding hydrogens is 474 g/mol. The molecule has 0 bridgehead atoms. The summed E-state index contributed by atoms with van der Waals surface area (Å²) in [6.45, 7) is 2.82. The van der Waals surface area contributed by atoms with Crippen LogP contribution in [-0.4, -0.2) is 40.3 Å². The molecule has 2 rings (SSSR count). The molecule has 1 unspecified atom stereocenters. The van der Waals surface area contributed by atoms with E-state index >= 15 is 0 Å². The molecule has 11 heteroatoms. The first kappa shape index (κ1) is 28.3. The number of alkyl halides is 3. The third-order valence-corrected chi connectivity index (χ3v) is 6.00. The van der Waals surface area contributed by atoms with Gasteiger partial charge in [-0.2, -0.15) is 13.2 Å². The Morgan fingerprint density at radius 1 is 1.00 bits per heavy atom. The highest BCUT2D eigenvalue weighted by atomic mass is 31.2. The molecule has 0 radical (unpaired) electrons. The molecule has 0 saturated carbocycles. The summed E-state index contributed by atoms with van der Waals surface area (Å²) in [7, 11) is -4.80. The molecule has 0 spiro atoms. The SMILES string of the molecule is Cc1ccc(CCCOc2ccc(CCC(N)(CO)COP(=O)(O)O)cc2C(F)(F)F)cc1C. The highest BCUT2D eigenvalue weighted by Gasteiger charge is 2.35. The predicted molar refractivity (Wildman–Crippen MR) is 121 cm³/mol. The monoisotopic (exact) mass is 505 g/mol. The van der Waals surface area contributed by atoms with E-state index in [-0.39, 0.29) is 30.8 Å². The van der Waals surface area contributed by atoms with Crippen molar-refractivity contribution in [3.8, 4) is 5.75 Å². The summed E-state index contributed by atoms with van der Waals surface area (Å²) in [5.41, 5.74) is 7.15. The molecule has 0 fully saturated rings. The average Bonchev–Trinajstić information content (AvgIpc) is 2.75. The second-order valence-electron chi connectivity index (χ2n) is 8.48. The third-order valence-electron chi connectivity index (χ3n) is 5.53. The van der Waals surface area contributed by atoms with Crippen LogP contribution < -0.4 is 10.5 Å². The minimum Gasteiger partial charge on any atom is -0.493 e. The van der Waals surface area contributed by atoms with Crippen LogP contribution in [0, 0.1) is 13.8 Å². The predicted octanol–water partition coefficient (Wildman–Crippen LogP) is 4.07. The third kappa shape index (κ3) is 9.02. The van der Waals surface area contributed by atoms with Crippen LogP contribution in [0.4, 0.5) is 13.2 Å². The second kappa shape index (κ2) is 11.7. The van der Waals surface area contributed by atoms with Crippen molar-refractivity contribution in [1.82, 2.24) is 0 Å². The molecule has 0 aliphatic carbocycles. The first-order chi connectivity index (χ1) is 15.7. The van der Waals surface area contributed by atoms with E-state index in [2.05, 4.69) is 10.6 Å². The van der Waals surface area contributed by atoms with Gasteiger partial charge >= 0.3 is 14.0 Å². The van der Waals surface area contributed by atoms with Gasteiger partial charge in [-0.25, -0.2) is 4.57 Å². The first-order valence-electron chi connectivity index (χ1n) is 10.7. The lowest BCUT2D eigenvalue weighted by atomic mass is 9.93. The molecule has 0 heterocycles. The van der Waals surface area contributed by atoms with Gasteiger partial charge in [-0.05, 0) is 73.9 Å². The van der Waals surface area contributed by atoms with Crippen LogP contribution in [0.2, 0.25) is 0 Å². The van der Waals surface area contributed by atoms with Crippen LogP contribution in [0.5, 0.6) is 5.75 Å². The summed E-state index contributed by atoms with van der Waals surface area (Å²) < 4.78 is 61.5. The zero-order valence-corrected chi connectivity index (χ0v) is 20.0. The molecule has 0 saturated heterocycles. The summed E-state index contributed by atoms with van der Waals surface area (Å²) in [6.07, 6.45) is -3.45. The van der Waals surface area contributed by atoms with Crippen LogP contribution >= 0.6 is 7.82 Å². The van der Waals surface area contributed by atoms with Gasteiger partial charge < -0.3 is 25.4 Å². The molecule has 5 N–H and O–H groups in total. The van der Waals surface area contributed by atoms with Crippen LogP contribution in [0.3, 0.4) is 0 Å². The largest absolute Gasteiger partial charge is 0.493 e. The molecule has 190 valence electrons. The average molecular weight is 505 g/mol. The summed E-state index contributed by atoms with van der Waals surface area (Å²) in [6, 6.07) is 9.73. The van der Waals surface area contributed by atoms with Crippen molar-refractivity contribution < 1.29 is 41.9 Å². The highest BCUT2D eigenvalue weighted by molar-refractivity contribution is 7.46. The van der Waals surface area contributed by atoms with E-state index in [0.29, 0.717) is 12.8 Å². The molecule has 1 atom stereocenters. The quantitative estimate of drug-likeness (QED) is 0.253. The van der Waals surface area contributed by atoms with E-state index in [0.717, 1.165) is 17.2 Å². The van der Waals surface area contributed by atoms with E-state index in [4.69, 9.17) is 20.3 Å². The number of benzene rings is 2. The Hall–Kier alpha value is -1.94. The van der Waals surface area contributed by atoms with Gasteiger partial charge in [0.25, 0.3) is 0 Å². The van der Waals surface area contributed by atoms with Gasteiger partial charge in [-0.3, -0.25) is 4.52 Å². The standard InChI is InChI=1S/C23H31F3NO6P/c1-16-5-6-18(12-17(16)2)4-3-11-32-21-8-7-19(13-20(21)23(24,25)26)9-10-22(27,14-28)15-33-34(29,30)31/h5-8,12-13,28H,3-4,9-11,14-15,27H2,1-2H3,(H2,29,30,31). The number of hydrogen-bond donors (Lipinski definition) is 4. The summed E-state index contributed by atoms with van der Waals surface area (Å²) in [5.74, 6) is -0.276. The van der Waals surface area contributed by atoms with Gasteiger partial charge in [0, 0.05) is 0 Å². The summed E-state index contributed by atoms with van der Waals surface area (Å²) in [4.78, 5) is 17.6. The normalized spacial score (nSPS) is 14.1. The second-order valence-corrected chi connectivity index (χ2v) is 9.72. The van der Waals surface area contributed by atoms with Crippen molar-refractivity contribution in [2.24, 2.45) is 5.73 Å². The number of ether oxygens (including phenoxy) is 1. The van der Waals surface area contributed by atoms with Crippen molar-refractivity contribution in [3.63, 3.8) is 0 Å². The van der Waals surface area contributed by atoms with E-state index in [9.17, 15) is 22.8 Å². The number of aliphatic hydroxyl groups excluding tert-OH is 1. The Kier molecular flexibility index (Phi) is 9.71. The molecular formula is C23H31F3NO6P. The lowest BCUT2D eigenvalue weighted by Crippen LogP contribution is -2.48. The molecule has 0 aromatic heterocycles. The number of rotatable bonds is 12. The molecule has 0 amide bonds. The number of phosphoric ester groups is 1. The zero-order chi connectivity index (χ0) is 25.6. The number of hydrogen-bond acceptors (Lipinski definition) is 5. The van der Waals surface area contributed by atoms with E-state index in [1.54, 1.807) is 0 Å². The van der Waals surface area contributed by atoms with Crippen molar-refractivity contribution in [2.75, 3.05) is 19.8 Å². The maximum atomic E-state index is 13.6. The molecule has 34 heavy (non-hydrogen) atoms. The van der Waals surface area contributed by atoms with Gasteiger partial charge in [0.05, 0.1) is 30.9 Å². The van der Waals surface area contributed by atoms with Crippen LogP contribution in [0.15, 0.2) is 36.4 Å². The number of phosphoric acid groups is 1. The Labute approximate surface area is 196 Å². The highest BCUT2D eigenvalue weighted by Crippen LogP contribution is 2.38. The van der Waals surface area contributed by atoms with Crippen LogP contribution in [0.25, 0.3) is 0 Å². The maximum absolute atomic E-state index is 13.6. The van der Waals surface area contributed by atoms with Crippen molar-refractivity contribution in [3.05, 3.63) is 64.2 Å². The number of aliphatic hydroxyl groups is 1. The minimum atomic E-state index is -4.80. The summed E-state index contributed by atoms with van der Waals surface area (Å²) in [5, 5.41) is 9.46. The van der Waals surface area contributed by atoms with Gasteiger partial charge in [-0.15, -0.1) is 0 Å². The lowest BCUT2D eigenvalue weighted by Gasteiger charge is -2.27. The Balaban J connectivity index is 2.02. The Morgan fingerprint density at radius 3 is 2.24 bits per heavy atom. The number of halogens is 3. The topological polar surface area (TPSA) is 122 Å². The fraction of sp³-hybridized carbons (Fsp3) is 0.478. The van der Waals surface area contributed by atoms with Crippen molar-refractivity contribution >= 4 is 7.82 Å². The molecule has 2 aromatic carbocycles. The smallest absolute Gasteiger partial charge is 0.469 e. The van der Waals surface area contributed by atoms with Gasteiger partial charge in [0.1, 0.15) is 5.75 Å².